The molecule has 0 unspecified atom stereocenters. The number of hydrogen-bond donors (Lipinski definition) is 1. The summed E-state index contributed by atoms with van der Waals surface area (Å²) in [7, 11) is 3.83. The lowest BCUT2D eigenvalue weighted by Gasteiger charge is -2.21. The molecule has 0 radical (unpaired) electrons. The fourth-order valence-corrected chi connectivity index (χ4v) is 3.85. The lowest BCUT2D eigenvalue weighted by molar-refractivity contribution is 0.318. The van der Waals surface area contributed by atoms with Gasteiger partial charge >= 0.3 is 0 Å². The summed E-state index contributed by atoms with van der Waals surface area (Å²) in [5, 5.41) is 0.842. The Morgan fingerprint density at radius 2 is 2.18 bits per heavy atom. The quantitative estimate of drug-likeness (QED) is 0.738. The maximum absolute atomic E-state index is 12.2. The van der Waals surface area contributed by atoms with E-state index in [9.17, 15) is 4.79 Å². The number of aromatic amines is 1. The summed E-state index contributed by atoms with van der Waals surface area (Å²) < 4.78 is 2.01. The monoisotopic (exact) mass is 267 g/mol. The predicted molar refractivity (Wildman–Crippen MR) is 72.3 cm³/mol. The van der Waals surface area contributed by atoms with Gasteiger partial charge in [0, 0.05) is 25.0 Å². The van der Waals surface area contributed by atoms with Crippen molar-refractivity contribution >= 4 is 33.8 Å². The molecule has 4 nitrogen and oxygen atoms in total. The third kappa shape index (κ3) is 1.59. The molecule has 0 amide bonds. The van der Waals surface area contributed by atoms with E-state index in [1.165, 1.54) is 15.0 Å². The molecule has 3 heterocycles. The van der Waals surface area contributed by atoms with E-state index >= 15 is 0 Å². The predicted octanol–water partition coefficient (Wildman–Crippen LogP) is 1.65. The minimum atomic E-state index is 0.0332. The van der Waals surface area contributed by atoms with Gasteiger partial charge in [0.05, 0.1) is 5.39 Å². The van der Waals surface area contributed by atoms with Crippen LogP contribution in [0, 0.1) is 4.77 Å². The molecule has 0 spiro atoms. The van der Waals surface area contributed by atoms with Crippen LogP contribution in [0.2, 0.25) is 0 Å². The highest BCUT2D eigenvalue weighted by Crippen LogP contribution is 2.31. The number of thiophene rings is 1. The number of nitrogens with zero attached hydrogens (tertiary/aromatic N) is 2. The summed E-state index contributed by atoms with van der Waals surface area (Å²) >= 11 is 6.80. The van der Waals surface area contributed by atoms with E-state index in [-0.39, 0.29) is 5.56 Å². The Morgan fingerprint density at radius 1 is 1.41 bits per heavy atom. The van der Waals surface area contributed by atoms with Crippen molar-refractivity contribution in [1.82, 2.24) is 14.5 Å². The van der Waals surface area contributed by atoms with Crippen molar-refractivity contribution < 1.29 is 0 Å². The van der Waals surface area contributed by atoms with Crippen molar-refractivity contribution in [2.75, 3.05) is 13.6 Å². The molecule has 3 rings (SSSR count). The van der Waals surface area contributed by atoms with Crippen LogP contribution in [0.15, 0.2) is 4.79 Å². The Morgan fingerprint density at radius 3 is 2.94 bits per heavy atom. The maximum Gasteiger partial charge on any atom is 0.263 e. The molecule has 0 saturated carbocycles. The first-order valence-corrected chi connectivity index (χ1v) is 6.72. The number of rotatable bonds is 0. The highest BCUT2D eigenvalue weighted by molar-refractivity contribution is 7.71. The Kier molecular flexibility index (Phi) is 2.46. The molecule has 0 aliphatic carbocycles. The van der Waals surface area contributed by atoms with E-state index in [0.29, 0.717) is 4.77 Å². The number of H-pyrrole nitrogens is 1. The molecule has 0 saturated heterocycles. The average molecular weight is 267 g/mol. The van der Waals surface area contributed by atoms with Gasteiger partial charge in [-0.25, -0.2) is 0 Å². The summed E-state index contributed by atoms with van der Waals surface area (Å²) in [6.07, 6.45) is 0.950. The molecule has 0 atom stereocenters. The molecule has 1 aliphatic rings. The second-order valence-corrected chi connectivity index (χ2v) is 5.98. The summed E-state index contributed by atoms with van der Waals surface area (Å²) in [5.41, 5.74) is 1.25. The Labute approximate surface area is 108 Å². The van der Waals surface area contributed by atoms with E-state index in [0.717, 1.165) is 29.7 Å². The Bertz CT molecular complexity index is 710. The van der Waals surface area contributed by atoms with Gasteiger partial charge < -0.3 is 9.88 Å². The number of aromatic nitrogens is 2. The first-order chi connectivity index (χ1) is 8.08. The highest BCUT2D eigenvalue weighted by atomic mass is 32.1. The van der Waals surface area contributed by atoms with Gasteiger partial charge in [0.2, 0.25) is 0 Å². The minimum Gasteiger partial charge on any atom is -0.323 e. The van der Waals surface area contributed by atoms with E-state index in [2.05, 4.69) is 16.9 Å². The SMILES string of the molecule is CN1CCc2c(sc3[nH]c(=S)n(C)c(=O)c23)C1. The van der Waals surface area contributed by atoms with Crippen molar-refractivity contribution in [2.45, 2.75) is 13.0 Å². The molecule has 90 valence electrons. The molecule has 17 heavy (non-hydrogen) atoms. The van der Waals surface area contributed by atoms with E-state index in [1.54, 1.807) is 18.4 Å². The standard InChI is InChI=1S/C11H13N3OS2/c1-13-4-3-6-7(5-13)17-9-8(6)10(15)14(2)11(16)12-9/h3-5H2,1-2H3,(H,12,16). The molecule has 0 bridgehead atoms. The second kappa shape index (κ2) is 3.76. The summed E-state index contributed by atoms with van der Waals surface area (Å²) in [6.45, 7) is 1.94. The molecular weight excluding hydrogens is 254 g/mol. The lowest BCUT2D eigenvalue weighted by atomic mass is 10.1. The zero-order chi connectivity index (χ0) is 12.2. The van der Waals surface area contributed by atoms with Crippen LogP contribution < -0.4 is 5.56 Å². The molecule has 6 heteroatoms. The van der Waals surface area contributed by atoms with Crippen LogP contribution >= 0.6 is 23.6 Å². The van der Waals surface area contributed by atoms with Crippen molar-refractivity contribution in [3.63, 3.8) is 0 Å². The fourth-order valence-electron chi connectivity index (χ4n) is 2.29. The van der Waals surface area contributed by atoms with Crippen molar-refractivity contribution in [3.05, 3.63) is 25.6 Å². The van der Waals surface area contributed by atoms with Gasteiger partial charge in [-0.2, -0.15) is 0 Å². The van der Waals surface area contributed by atoms with Crippen LogP contribution in [-0.2, 0) is 20.0 Å². The van der Waals surface area contributed by atoms with E-state index in [4.69, 9.17) is 12.2 Å². The normalized spacial score (nSPS) is 16.4. The summed E-state index contributed by atoms with van der Waals surface area (Å²) in [6, 6.07) is 0. The van der Waals surface area contributed by atoms with Gasteiger partial charge in [0.1, 0.15) is 4.83 Å². The molecule has 2 aromatic rings. The zero-order valence-electron chi connectivity index (χ0n) is 9.74. The van der Waals surface area contributed by atoms with Crippen LogP contribution in [0.4, 0.5) is 0 Å². The van der Waals surface area contributed by atoms with Crippen LogP contribution in [0.5, 0.6) is 0 Å². The van der Waals surface area contributed by atoms with Gasteiger partial charge in [-0.05, 0) is 31.2 Å². The molecule has 0 aromatic carbocycles. The average Bonchev–Trinajstić information content (AvgIpc) is 2.63. The molecule has 1 aliphatic heterocycles. The number of hydrogen-bond acceptors (Lipinski definition) is 4. The van der Waals surface area contributed by atoms with Gasteiger partial charge in [0.15, 0.2) is 4.77 Å². The van der Waals surface area contributed by atoms with Crippen LogP contribution in [0.1, 0.15) is 10.4 Å². The zero-order valence-corrected chi connectivity index (χ0v) is 11.4. The molecular formula is C11H13N3OS2. The summed E-state index contributed by atoms with van der Waals surface area (Å²) in [4.78, 5) is 19.9. The molecule has 1 N–H and O–H groups in total. The third-order valence-electron chi connectivity index (χ3n) is 3.29. The molecule has 2 aromatic heterocycles. The topological polar surface area (TPSA) is 41.0 Å². The van der Waals surface area contributed by atoms with Crippen LogP contribution in [0.3, 0.4) is 0 Å². The number of nitrogens with one attached hydrogen (secondary N) is 1. The maximum atomic E-state index is 12.2. The highest BCUT2D eigenvalue weighted by Gasteiger charge is 2.21. The van der Waals surface area contributed by atoms with Crippen molar-refractivity contribution in [1.29, 1.82) is 0 Å². The van der Waals surface area contributed by atoms with Crippen molar-refractivity contribution in [3.8, 4) is 0 Å². The van der Waals surface area contributed by atoms with Gasteiger partial charge in [-0.1, -0.05) is 0 Å². The largest absolute Gasteiger partial charge is 0.323 e. The van der Waals surface area contributed by atoms with Gasteiger partial charge in [0.25, 0.3) is 5.56 Å². The second-order valence-electron chi connectivity index (χ2n) is 4.49. The van der Waals surface area contributed by atoms with Gasteiger partial charge in [-0.3, -0.25) is 9.36 Å². The Hall–Kier alpha value is -0.980. The van der Waals surface area contributed by atoms with E-state index in [1.807, 2.05) is 0 Å². The van der Waals surface area contributed by atoms with Gasteiger partial charge in [-0.15, -0.1) is 11.3 Å². The third-order valence-corrected chi connectivity index (χ3v) is 4.80. The summed E-state index contributed by atoms with van der Waals surface area (Å²) in [5.74, 6) is 0. The lowest BCUT2D eigenvalue weighted by Crippen LogP contribution is -2.26. The molecule has 0 fully saturated rings. The van der Waals surface area contributed by atoms with E-state index < -0.39 is 0 Å². The smallest absolute Gasteiger partial charge is 0.263 e. The number of likely N-dealkylation sites (N-methyl/N-ethyl adjacent to an activating group) is 1. The van der Waals surface area contributed by atoms with Crippen molar-refractivity contribution in [2.24, 2.45) is 7.05 Å². The van der Waals surface area contributed by atoms with Crippen LogP contribution in [-0.4, -0.2) is 28.0 Å². The minimum absolute atomic E-state index is 0.0332. The Balaban J connectivity index is 2.41. The van der Waals surface area contributed by atoms with Crippen LogP contribution in [0.25, 0.3) is 10.2 Å². The fraction of sp³-hybridized carbons (Fsp3) is 0.455. The first kappa shape index (κ1) is 11.1. The number of fused-ring (bicyclic) bond motifs is 3. The first-order valence-electron chi connectivity index (χ1n) is 5.50.